The highest BCUT2D eigenvalue weighted by Crippen LogP contribution is 2.12. The van der Waals surface area contributed by atoms with Crippen LogP contribution in [0, 0.1) is 5.92 Å². The van der Waals surface area contributed by atoms with E-state index in [0.717, 1.165) is 6.42 Å². The van der Waals surface area contributed by atoms with Crippen LogP contribution in [0.1, 0.15) is 30.1 Å². The molecule has 0 aliphatic carbocycles. The highest BCUT2D eigenvalue weighted by molar-refractivity contribution is 9.10. The zero-order valence-electron chi connectivity index (χ0n) is 10.0. The first-order valence-electron chi connectivity index (χ1n) is 5.67. The predicted molar refractivity (Wildman–Crippen MR) is 70.3 cm³/mol. The molecule has 0 radical (unpaired) electrons. The molecular formula is C12H15BrN2O3. The maximum Gasteiger partial charge on any atom is 0.308 e. The molecule has 0 aromatic carbocycles. The molecule has 0 fully saturated rings. The van der Waals surface area contributed by atoms with Crippen LogP contribution in [0.5, 0.6) is 0 Å². The molecule has 6 heteroatoms. The van der Waals surface area contributed by atoms with Gasteiger partial charge in [-0.05, 0) is 34.5 Å². The molecule has 1 rings (SSSR count). The summed E-state index contributed by atoms with van der Waals surface area (Å²) >= 11 is 3.18. The molecule has 1 aromatic heterocycles. The van der Waals surface area contributed by atoms with Crippen LogP contribution in [-0.4, -0.2) is 28.5 Å². The molecule has 98 valence electrons. The number of carboxylic acid groups (broad SMARTS) is 1. The minimum atomic E-state index is -0.887. The first kappa shape index (κ1) is 14.6. The molecule has 2 N–H and O–H groups in total. The van der Waals surface area contributed by atoms with Crippen molar-refractivity contribution in [1.29, 1.82) is 0 Å². The van der Waals surface area contributed by atoms with E-state index in [1.54, 1.807) is 18.3 Å². The predicted octanol–water partition coefficient (Wildman–Crippen LogP) is 2.07. The standard InChI is InChI=1S/C12H15BrN2O3/c1-2-4-8(12(17)18)7-15-11(16)9-5-3-6-14-10(9)13/h3,5-6,8H,2,4,7H2,1H3,(H,15,16)(H,17,18). The Morgan fingerprint density at radius 2 is 2.28 bits per heavy atom. The number of nitrogens with one attached hydrogen (secondary N) is 1. The number of carboxylic acids is 1. The zero-order chi connectivity index (χ0) is 13.5. The van der Waals surface area contributed by atoms with Gasteiger partial charge in [-0.15, -0.1) is 0 Å². The summed E-state index contributed by atoms with van der Waals surface area (Å²) < 4.78 is 0.449. The first-order chi connectivity index (χ1) is 8.56. The summed E-state index contributed by atoms with van der Waals surface area (Å²) in [5, 5.41) is 11.6. The van der Waals surface area contributed by atoms with Crippen LogP contribution >= 0.6 is 15.9 Å². The van der Waals surface area contributed by atoms with E-state index in [4.69, 9.17) is 5.11 Å². The number of hydrogen-bond donors (Lipinski definition) is 2. The van der Waals surface area contributed by atoms with Crippen LogP contribution in [0.3, 0.4) is 0 Å². The van der Waals surface area contributed by atoms with Crippen LogP contribution in [0.2, 0.25) is 0 Å². The van der Waals surface area contributed by atoms with Crippen molar-refractivity contribution in [2.45, 2.75) is 19.8 Å². The Hall–Kier alpha value is -1.43. The van der Waals surface area contributed by atoms with Crippen molar-refractivity contribution in [3.05, 3.63) is 28.5 Å². The lowest BCUT2D eigenvalue weighted by Crippen LogP contribution is -2.33. The third kappa shape index (κ3) is 4.10. The van der Waals surface area contributed by atoms with Gasteiger partial charge in [-0.1, -0.05) is 13.3 Å². The highest BCUT2D eigenvalue weighted by atomic mass is 79.9. The number of carbonyl (C=O) groups is 2. The zero-order valence-corrected chi connectivity index (χ0v) is 11.6. The van der Waals surface area contributed by atoms with Crippen LogP contribution in [0.4, 0.5) is 0 Å². The SMILES string of the molecule is CCCC(CNC(=O)c1cccnc1Br)C(=O)O. The molecule has 1 heterocycles. The van der Waals surface area contributed by atoms with Gasteiger partial charge < -0.3 is 10.4 Å². The molecule has 0 saturated heterocycles. The molecule has 0 aliphatic heterocycles. The molecule has 18 heavy (non-hydrogen) atoms. The number of amides is 1. The molecular weight excluding hydrogens is 300 g/mol. The van der Waals surface area contributed by atoms with Crippen LogP contribution in [0.25, 0.3) is 0 Å². The minimum Gasteiger partial charge on any atom is -0.481 e. The molecule has 0 aliphatic rings. The van der Waals surface area contributed by atoms with E-state index in [2.05, 4.69) is 26.2 Å². The van der Waals surface area contributed by atoms with Gasteiger partial charge >= 0.3 is 5.97 Å². The summed E-state index contributed by atoms with van der Waals surface area (Å²) in [4.78, 5) is 26.7. The molecule has 0 saturated carbocycles. The quantitative estimate of drug-likeness (QED) is 0.788. The summed E-state index contributed by atoms with van der Waals surface area (Å²) in [6.07, 6.45) is 2.88. The smallest absolute Gasteiger partial charge is 0.308 e. The number of aromatic nitrogens is 1. The molecule has 1 atom stereocenters. The Morgan fingerprint density at radius 3 is 2.83 bits per heavy atom. The van der Waals surface area contributed by atoms with Crippen molar-refractivity contribution >= 4 is 27.8 Å². The third-order valence-electron chi connectivity index (χ3n) is 2.50. The lowest BCUT2D eigenvalue weighted by Gasteiger charge is -2.12. The average Bonchev–Trinajstić information content (AvgIpc) is 2.34. The van der Waals surface area contributed by atoms with Gasteiger partial charge in [0.25, 0.3) is 5.91 Å². The number of hydrogen-bond acceptors (Lipinski definition) is 3. The monoisotopic (exact) mass is 314 g/mol. The Bertz CT molecular complexity index is 437. The fourth-order valence-corrected chi connectivity index (χ4v) is 1.96. The lowest BCUT2D eigenvalue weighted by molar-refractivity contribution is -0.141. The second-order valence-electron chi connectivity index (χ2n) is 3.88. The molecule has 5 nitrogen and oxygen atoms in total. The summed E-state index contributed by atoms with van der Waals surface area (Å²) in [7, 11) is 0. The maximum atomic E-state index is 11.8. The molecule has 0 spiro atoms. The van der Waals surface area contributed by atoms with Crippen LogP contribution < -0.4 is 5.32 Å². The van der Waals surface area contributed by atoms with Crippen molar-refractivity contribution in [2.24, 2.45) is 5.92 Å². The van der Waals surface area contributed by atoms with E-state index >= 15 is 0 Å². The number of carbonyl (C=O) groups excluding carboxylic acids is 1. The second kappa shape index (κ2) is 7.10. The third-order valence-corrected chi connectivity index (χ3v) is 3.13. The summed E-state index contributed by atoms with van der Waals surface area (Å²) in [5.74, 6) is -1.76. The maximum absolute atomic E-state index is 11.8. The van der Waals surface area contributed by atoms with Gasteiger partial charge in [-0.2, -0.15) is 0 Å². The van der Waals surface area contributed by atoms with Crippen LogP contribution in [-0.2, 0) is 4.79 Å². The van der Waals surface area contributed by atoms with Gasteiger partial charge in [0.1, 0.15) is 4.60 Å². The Balaban J connectivity index is 2.60. The fraction of sp³-hybridized carbons (Fsp3) is 0.417. The van der Waals surface area contributed by atoms with Gasteiger partial charge in [0, 0.05) is 12.7 Å². The first-order valence-corrected chi connectivity index (χ1v) is 6.47. The van der Waals surface area contributed by atoms with Crippen molar-refractivity contribution in [2.75, 3.05) is 6.54 Å². The van der Waals surface area contributed by atoms with Crippen molar-refractivity contribution in [3.8, 4) is 0 Å². The number of aliphatic carboxylic acids is 1. The highest BCUT2D eigenvalue weighted by Gasteiger charge is 2.18. The molecule has 0 bridgehead atoms. The Labute approximate surface area is 114 Å². The van der Waals surface area contributed by atoms with E-state index in [9.17, 15) is 9.59 Å². The van der Waals surface area contributed by atoms with E-state index in [1.165, 1.54) is 0 Å². The summed E-state index contributed by atoms with van der Waals surface area (Å²) in [5.41, 5.74) is 0.401. The van der Waals surface area contributed by atoms with E-state index in [1.807, 2.05) is 6.92 Å². The fourth-order valence-electron chi connectivity index (χ4n) is 1.53. The topological polar surface area (TPSA) is 79.3 Å². The van der Waals surface area contributed by atoms with E-state index < -0.39 is 11.9 Å². The number of pyridine rings is 1. The van der Waals surface area contributed by atoms with Crippen molar-refractivity contribution in [3.63, 3.8) is 0 Å². The summed E-state index contributed by atoms with van der Waals surface area (Å²) in [6.45, 7) is 2.04. The number of nitrogens with zero attached hydrogens (tertiary/aromatic N) is 1. The van der Waals surface area contributed by atoms with Crippen molar-refractivity contribution in [1.82, 2.24) is 10.3 Å². The lowest BCUT2D eigenvalue weighted by atomic mass is 10.0. The minimum absolute atomic E-state index is 0.128. The van der Waals surface area contributed by atoms with Crippen LogP contribution in [0.15, 0.2) is 22.9 Å². The van der Waals surface area contributed by atoms with Gasteiger partial charge in [0.05, 0.1) is 11.5 Å². The largest absolute Gasteiger partial charge is 0.481 e. The number of rotatable bonds is 6. The number of halogens is 1. The summed E-state index contributed by atoms with van der Waals surface area (Å²) in [6, 6.07) is 3.28. The van der Waals surface area contributed by atoms with Gasteiger partial charge in [0.15, 0.2) is 0 Å². The van der Waals surface area contributed by atoms with Gasteiger partial charge in [0.2, 0.25) is 0 Å². The molecule has 1 aromatic rings. The molecule has 1 unspecified atom stereocenters. The van der Waals surface area contributed by atoms with E-state index in [0.29, 0.717) is 16.6 Å². The Kier molecular flexibility index (Phi) is 5.77. The Morgan fingerprint density at radius 1 is 1.56 bits per heavy atom. The van der Waals surface area contributed by atoms with Gasteiger partial charge in [-0.3, -0.25) is 9.59 Å². The average molecular weight is 315 g/mol. The second-order valence-corrected chi connectivity index (χ2v) is 4.63. The van der Waals surface area contributed by atoms with Gasteiger partial charge in [-0.25, -0.2) is 4.98 Å². The van der Waals surface area contributed by atoms with E-state index in [-0.39, 0.29) is 12.5 Å². The normalized spacial score (nSPS) is 11.9. The molecule has 1 amide bonds. The van der Waals surface area contributed by atoms with Crippen molar-refractivity contribution < 1.29 is 14.7 Å².